The maximum atomic E-state index is 13.7. The summed E-state index contributed by atoms with van der Waals surface area (Å²) in [5, 5.41) is 4.12. The van der Waals surface area contributed by atoms with Crippen LogP contribution in [0, 0.1) is 5.82 Å². The van der Waals surface area contributed by atoms with E-state index < -0.39 is 5.82 Å². The molecule has 0 aliphatic carbocycles. The number of hydrogen-bond donors (Lipinski definition) is 0. The van der Waals surface area contributed by atoms with Crippen LogP contribution in [-0.4, -0.2) is 19.6 Å². The molecule has 3 aromatic rings. The molecular weight excluding hydrogens is 339 g/mol. The van der Waals surface area contributed by atoms with Crippen LogP contribution in [0.15, 0.2) is 35.1 Å². The highest BCUT2D eigenvalue weighted by Gasteiger charge is 2.11. The third-order valence-electron chi connectivity index (χ3n) is 2.30. The molecule has 0 aliphatic heterocycles. The molecule has 0 unspecified atom stereocenters. The fraction of sp³-hybridized carbons (Fsp3) is 0. The molecule has 0 N–H and O–H groups in total. The molecule has 5 nitrogen and oxygen atoms in total. The summed E-state index contributed by atoms with van der Waals surface area (Å²) in [5.41, 5.74) is 0. The van der Waals surface area contributed by atoms with Crippen molar-refractivity contribution in [2.75, 3.05) is 0 Å². The van der Waals surface area contributed by atoms with Crippen molar-refractivity contribution in [3.63, 3.8) is 0 Å². The van der Waals surface area contributed by atoms with Crippen molar-refractivity contribution in [2.45, 2.75) is 0 Å². The highest BCUT2D eigenvalue weighted by molar-refractivity contribution is 9.10. The lowest BCUT2D eigenvalue weighted by Crippen LogP contribution is -1.99. The molecule has 3 rings (SSSR count). The zero-order chi connectivity index (χ0) is 13.4. The average Bonchev–Trinajstić information content (AvgIpc) is 2.80. The number of benzene rings is 1. The Kier molecular flexibility index (Phi) is 3.08. The highest BCUT2D eigenvalue weighted by atomic mass is 79.9. The number of aromatic nitrogens is 4. The molecule has 0 fully saturated rings. The molecule has 0 spiro atoms. The minimum absolute atomic E-state index is 0.0577. The second-order valence-electron chi connectivity index (χ2n) is 3.57. The summed E-state index contributed by atoms with van der Waals surface area (Å²) in [6, 6.07) is 5.90. The van der Waals surface area contributed by atoms with E-state index in [0.717, 1.165) is 0 Å². The van der Waals surface area contributed by atoms with Crippen LogP contribution >= 0.6 is 27.5 Å². The van der Waals surface area contributed by atoms with E-state index in [0.29, 0.717) is 4.47 Å². The summed E-state index contributed by atoms with van der Waals surface area (Å²) in [6.07, 6.45) is 1.31. The van der Waals surface area contributed by atoms with Gasteiger partial charge in [0.1, 0.15) is 11.5 Å². The molecule has 0 saturated carbocycles. The predicted molar refractivity (Wildman–Crippen MR) is 70.0 cm³/mol. The van der Waals surface area contributed by atoms with Crippen LogP contribution in [0.1, 0.15) is 0 Å². The van der Waals surface area contributed by atoms with Crippen molar-refractivity contribution < 1.29 is 9.13 Å². The molecule has 0 bridgehead atoms. The quantitative estimate of drug-likeness (QED) is 0.669. The number of hydrogen-bond acceptors (Lipinski definition) is 4. The van der Waals surface area contributed by atoms with Gasteiger partial charge in [-0.25, -0.2) is 4.39 Å². The van der Waals surface area contributed by atoms with E-state index in [1.165, 1.54) is 29.0 Å². The van der Waals surface area contributed by atoms with Crippen molar-refractivity contribution in [1.29, 1.82) is 0 Å². The smallest absolute Gasteiger partial charge is 0.256 e. The Labute approximate surface area is 120 Å². The molecule has 96 valence electrons. The third kappa shape index (κ3) is 2.39. The Morgan fingerprint density at radius 1 is 1.32 bits per heavy atom. The van der Waals surface area contributed by atoms with Gasteiger partial charge in [0.25, 0.3) is 5.78 Å². The maximum Gasteiger partial charge on any atom is 0.256 e. The summed E-state index contributed by atoms with van der Waals surface area (Å²) in [4.78, 5) is 7.84. The summed E-state index contributed by atoms with van der Waals surface area (Å²) < 4.78 is 21.1. The number of nitrogens with zero attached hydrogens (tertiary/aromatic N) is 4. The third-order valence-corrected chi connectivity index (χ3v) is 2.98. The number of halogens is 3. The monoisotopic (exact) mass is 342 g/mol. The van der Waals surface area contributed by atoms with Gasteiger partial charge in [0, 0.05) is 10.5 Å². The van der Waals surface area contributed by atoms with Gasteiger partial charge in [0.15, 0.2) is 11.6 Å². The van der Waals surface area contributed by atoms with Crippen molar-refractivity contribution in [3.8, 4) is 11.6 Å². The van der Waals surface area contributed by atoms with E-state index in [-0.39, 0.29) is 22.6 Å². The van der Waals surface area contributed by atoms with Gasteiger partial charge in [-0.3, -0.25) is 0 Å². The van der Waals surface area contributed by atoms with Gasteiger partial charge in [0.05, 0.1) is 0 Å². The van der Waals surface area contributed by atoms with Gasteiger partial charge in [-0.05, 0) is 18.2 Å². The summed E-state index contributed by atoms with van der Waals surface area (Å²) in [7, 11) is 0. The number of rotatable bonds is 2. The molecule has 0 amide bonds. The molecular formula is C11H5BrClFN4O. The second-order valence-corrected chi connectivity index (χ2v) is 4.87. The standard InChI is InChI=1S/C11H5BrClFN4O/c12-6-1-2-8(7(14)3-6)19-10-4-9(13)17-11-15-5-16-18(10)11/h1-5H. The predicted octanol–water partition coefficient (Wildman–Crippen LogP) is 3.47. The van der Waals surface area contributed by atoms with Crippen molar-refractivity contribution in [2.24, 2.45) is 0 Å². The molecule has 8 heteroatoms. The largest absolute Gasteiger partial charge is 0.436 e. The molecule has 0 saturated heterocycles. The van der Waals surface area contributed by atoms with Crippen LogP contribution in [0.2, 0.25) is 5.15 Å². The molecule has 2 heterocycles. The van der Waals surface area contributed by atoms with Crippen LogP contribution in [0.4, 0.5) is 4.39 Å². The topological polar surface area (TPSA) is 52.3 Å². The first-order valence-electron chi connectivity index (χ1n) is 5.13. The Bertz CT molecular complexity index is 764. The Morgan fingerprint density at radius 2 is 2.16 bits per heavy atom. The van der Waals surface area contributed by atoms with Crippen molar-refractivity contribution in [1.82, 2.24) is 19.6 Å². The molecule has 19 heavy (non-hydrogen) atoms. The van der Waals surface area contributed by atoms with Gasteiger partial charge in [-0.15, -0.1) is 0 Å². The van der Waals surface area contributed by atoms with E-state index in [1.807, 2.05) is 0 Å². The van der Waals surface area contributed by atoms with Gasteiger partial charge in [0.2, 0.25) is 5.88 Å². The fourth-order valence-corrected chi connectivity index (χ4v) is 2.00. The van der Waals surface area contributed by atoms with Crippen LogP contribution < -0.4 is 4.74 Å². The Balaban J connectivity index is 2.07. The zero-order valence-electron chi connectivity index (χ0n) is 9.22. The van der Waals surface area contributed by atoms with Gasteiger partial charge >= 0.3 is 0 Å². The second kappa shape index (κ2) is 4.75. The lowest BCUT2D eigenvalue weighted by molar-refractivity contribution is 0.415. The van der Waals surface area contributed by atoms with Gasteiger partial charge in [-0.1, -0.05) is 27.5 Å². The van der Waals surface area contributed by atoms with Crippen LogP contribution in [0.3, 0.4) is 0 Å². The SMILES string of the molecule is Fc1cc(Br)ccc1Oc1cc(Cl)nc2ncnn12. The number of ether oxygens (including phenoxy) is 1. The summed E-state index contributed by atoms with van der Waals surface area (Å²) in [6.45, 7) is 0. The molecule has 0 atom stereocenters. The summed E-state index contributed by atoms with van der Waals surface area (Å²) >= 11 is 9.01. The van der Waals surface area contributed by atoms with E-state index in [1.54, 1.807) is 6.07 Å². The molecule has 0 aliphatic rings. The minimum Gasteiger partial charge on any atom is -0.436 e. The van der Waals surface area contributed by atoms with Crippen LogP contribution in [0.25, 0.3) is 5.78 Å². The lowest BCUT2D eigenvalue weighted by Gasteiger charge is -2.08. The summed E-state index contributed by atoms with van der Waals surface area (Å²) in [5.74, 6) is 0.0617. The van der Waals surface area contributed by atoms with E-state index in [9.17, 15) is 4.39 Å². The van der Waals surface area contributed by atoms with Crippen molar-refractivity contribution >= 4 is 33.3 Å². The molecule has 1 aromatic carbocycles. The van der Waals surface area contributed by atoms with Crippen LogP contribution in [0.5, 0.6) is 11.6 Å². The van der Waals surface area contributed by atoms with E-state index in [4.69, 9.17) is 16.3 Å². The van der Waals surface area contributed by atoms with Crippen LogP contribution in [-0.2, 0) is 0 Å². The van der Waals surface area contributed by atoms with Gasteiger partial charge < -0.3 is 4.74 Å². The number of fused-ring (bicyclic) bond motifs is 1. The average molecular weight is 344 g/mol. The highest BCUT2D eigenvalue weighted by Crippen LogP contribution is 2.27. The van der Waals surface area contributed by atoms with Gasteiger partial charge in [-0.2, -0.15) is 19.6 Å². The Morgan fingerprint density at radius 3 is 2.95 bits per heavy atom. The minimum atomic E-state index is -0.504. The maximum absolute atomic E-state index is 13.7. The molecule has 0 radical (unpaired) electrons. The fourth-order valence-electron chi connectivity index (χ4n) is 1.50. The van der Waals surface area contributed by atoms with E-state index >= 15 is 0 Å². The normalized spacial score (nSPS) is 10.9. The van der Waals surface area contributed by atoms with Crippen molar-refractivity contribution in [3.05, 3.63) is 46.0 Å². The first kappa shape index (κ1) is 12.3. The first-order chi connectivity index (χ1) is 9.13. The first-order valence-corrected chi connectivity index (χ1v) is 6.30. The zero-order valence-corrected chi connectivity index (χ0v) is 11.6. The lowest BCUT2D eigenvalue weighted by atomic mass is 10.3. The Hall–Kier alpha value is -1.73. The van der Waals surface area contributed by atoms with E-state index in [2.05, 4.69) is 31.0 Å². The molecule has 2 aromatic heterocycles.